The molecule has 1 amide bonds. The summed E-state index contributed by atoms with van der Waals surface area (Å²) < 4.78 is 40.7. The fraction of sp³-hybridized carbons (Fsp3) is 0.150. The van der Waals surface area contributed by atoms with Crippen molar-refractivity contribution in [1.82, 2.24) is 35.3 Å². The third-order valence-electron chi connectivity index (χ3n) is 4.44. The molecule has 0 spiro atoms. The van der Waals surface area contributed by atoms with E-state index in [4.69, 9.17) is 0 Å². The first-order valence-electron chi connectivity index (χ1n) is 9.51. The number of tetrazole rings is 1. The summed E-state index contributed by atoms with van der Waals surface area (Å²) in [5, 5.41) is 20.8. The molecule has 0 unspecified atom stereocenters. The van der Waals surface area contributed by atoms with E-state index in [-0.39, 0.29) is 5.91 Å². The van der Waals surface area contributed by atoms with Crippen LogP contribution in [-0.4, -0.2) is 49.0 Å². The highest BCUT2D eigenvalue weighted by molar-refractivity contribution is 5.94. The number of carbonyl (C=O) groups is 1. The molecule has 0 fully saturated rings. The van der Waals surface area contributed by atoms with Gasteiger partial charge in [0, 0.05) is 24.8 Å². The number of hydrogen-bond donors (Lipinski definition) is 2. The van der Waals surface area contributed by atoms with Gasteiger partial charge in [-0.05, 0) is 52.9 Å². The van der Waals surface area contributed by atoms with Gasteiger partial charge in [-0.15, -0.1) is 0 Å². The average molecular weight is 442 g/mol. The number of hydrogen-bond acceptors (Lipinski definition) is 6. The molecule has 2 aromatic carbocycles. The van der Waals surface area contributed by atoms with Crippen LogP contribution in [0.5, 0.6) is 0 Å². The smallest absolute Gasteiger partial charge is 0.351 e. The van der Waals surface area contributed by atoms with Crippen LogP contribution in [0.4, 0.5) is 19.1 Å². The molecule has 0 saturated heterocycles. The molecule has 164 valence electrons. The third kappa shape index (κ3) is 4.74. The number of amides is 1. The zero-order chi connectivity index (χ0) is 22.6. The lowest BCUT2D eigenvalue weighted by molar-refractivity contribution is -0.141. The predicted molar refractivity (Wildman–Crippen MR) is 109 cm³/mol. The molecular formula is C20H17F3N8O. The average Bonchev–Trinajstić information content (AvgIpc) is 3.47. The van der Waals surface area contributed by atoms with E-state index in [9.17, 15) is 18.0 Å². The first-order chi connectivity index (χ1) is 15.4. The minimum atomic E-state index is -4.51. The SMILES string of the molecule is O=C(NCCNc1nnnn1-c1ccccc1)c1ccc(-n2ccc(C(F)(F)F)n2)cc1. The van der Waals surface area contributed by atoms with E-state index in [1.807, 2.05) is 30.3 Å². The highest BCUT2D eigenvalue weighted by Crippen LogP contribution is 2.27. The first-order valence-corrected chi connectivity index (χ1v) is 9.51. The van der Waals surface area contributed by atoms with Crippen LogP contribution >= 0.6 is 0 Å². The summed E-state index contributed by atoms with van der Waals surface area (Å²) in [6, 6.07) is 16.3. The quantitative estimate of drug-likeness (QED) is 0.427. The second-order valence-electron chi connectivity index (χ2n) is 6.62. The Balaban J connectivity index is 1.30. The Kier molecular flexibility index (Phi) is 5.83. The maximum atomic E-state index is 12.7. The van der Waals surface area contributed by atoms with Crippen molar-refractivity contribution >= 4 is 11.9 Å². The number of carbonyl (C=O) groups excluding carboxylic acids is 1. The van der Waals surface area contributed by atoms with Gasteiger partial charge in [0.2, 0.25) is 5.95 Å². The van der Waals surface area contributed by atoms with Gasteiger partial charge < -0.3 is 10.6 Å². The number of para-hydroxylation sites is 1. The molecule has 9 nitrogen and oxygen atoms in total. The van der Waals surface area contributed by atoms with Gasteiger partial charge in [-0.3, -0.25) is 4.79 Å². The van der Waals surface area contributed by atoms with E-state index in [0.29, 0.717) is 30.3 Å². The molecule has 32 heavy (non-hydrogen) atoms. The van der Waals surface area contributed by atoms with Crippen molar-refractivity contribution in [3.05, 3.63) is 78.1 Å². The van der Waals surface area contributed by atoms with Gasteiger partial charge in [-0.2, -0.15) is 23.0 Å². The second-order valence-corrected chi connectivity index (χ2v) is 6.62. The maximum absolute atomic E-state index is 12.7. The topological polar surface area (TPSA) is 103 Å². The molecule has 0 radical (unpaired) electrons. The van der Waals surface area contributed by atoms with Gasteiger partial charge in [-0.1, -0.05) is 23.3 Å². The summed E-state index contributed by atoms with van der Waals surface area (Å²) in [5.41, 5.74) is 0.589. The van der Waals surface area contributed by atoms with Crippen molar-refractivity contribution in [2.75, 3.05) is 18.4 Å². The fourth-order valence-electron chi connectivity index (χ4n) is 2.88. The van der Waals surface area contributed by atoms with Crippen molar-refractivity contribution in [3.8, 4) is 11.4 Å². The van der Waals surface area contributed by atoms with Crippen molar-refractivity contribution in [2.24, 2.45) is 0 Å². The van der Waals surface area contributed by atoms with Crippen LogP contribution in [0.25, 0.3) is 11.4 Å². The molecule has 2 heterocycles. The van der Waals surface area contributed by atoms with Gasteiger partial charge in [0.05, 0.1) is 11.4 Å². The molecule has 0 bridgehead atoms. The van der Waals surface area contributed by atoms with Gasteiger partial charge in [0.1, 0.15) is 0 Å². The zero-order valence-corrected chi connectivity index (χ0v) is 16.5. The van der Waals surface area contributed by atoms with Crippen LogP contribution in [0, 0.1) is 0 Å². The van der Waals surface area contributed by atoms with E-state index in [1.165, 1.54) is 30.5 Å². The van der Waals surface area contributed by atoms with Crippen LogP contribution < -0.4 is 10.6 Å². The van der Waals surface area contributed by atoms with Gasteiger partial charge in [0.25, 0.3) is 5.91 Å². The number of nitrogens with one attached hydrogen (secondary N) is 2. The molecule has 0 aliphatic heterocycles. The Bertz CT molecular complexity index is 1190. The summed E-state index contributed by atoms with van der Waals surface area (Å²) in [7, 11) is 0. The first kappa shape index (κ1) is 21.0. The molecule has 12 heteroatoms. The van der Waals surface area contributed by atoms with Crippen molar-refractivity contribution in [2.45, 2.75) is 6.18 Å². The summed E-state index contributed by atoms with van der Waals surface area (Å²) in [4.78, 5) is 12.3. The van der Waals surface area contributed by atoms with E-state index in [0.717, 1.165) is 16.4 Å². The molecule has 2 N–H and O–H groups in total. The van der Waals surface area contributed by atoms with Gasteiger partial charge >= 0.3 is 6.18 Å². The van der Waals surface area contributed by atoms with Crippen molar-refractivity contribution in [1.29, 1.82) is 0 Å². The second kappa shape index (κ2) is 8.88. The molecular weight excluding hydrogens is 425 g/mol. The fourth-order valence-corrected chi connectivity index (χ4v) is 2.88. The van der Waals surface area contributed by atoms with Crippen LogP contribution in [0.15, 0.2) is 66.9 Å². The minimum Gasteiger partial charge on any atom is -0.351 e. The Labute approximate surface area is 179 Å². The van der Waals surface area contributed by atoms with E-state index in [2.05, 4.69) is 31.3 Å². The largest absolute Gasteiger partial charge is 0.435 e. The highest BCUT2D eigenvalue weighted by Gasteiger charge is 2.33. The normalized spacial score (nSPS) is 11.3. The van der Waals surface area contributed by atoms with Crippen LogP contribution in [0.1, 0.15) is 16.1 Å². The number of rotatable bonds is 7. The highest BCUT2D eigenvalue weighted by atomic mass is 19.4. The number of nitrogens with zero attached hydrogens (tertiary/aromatic N) is 6. The molecule has 0 aliphatic carbocycles. The maximum Gasteiger partial charge on any atom is 0.435 e. The van der Waals surface area contributed by atoms with Crippen molar-refractivity contribution < 1.29 is 18.0 Å². The zero-order valence-electron chi connectivity index (χ0n) is 16.5. The van der Waals surface area contributed by atoms with Crippen LogP contribution in [-0.2, 0) is 6.18 Å². The van der Waals surface area contributed by atoms with Gasteiger partial charge in [-0.25, -0.2) is 4.68 Å². The summed E-state index contributed by atoms with van der Waals surface area (Å²) in [5.74, 6) is 0.115. The molecule has 0 aliphatic rings. The Morgan fingerprint density at radius 1 is 0.938 bits per heavy atom. The van der Waals surface area contributed by atoms with Crippen LogP contribution in [0.3, 0.4) is 0 Å². The lowest BCUT2D eigenvalue weighted by Gasteiger charge is -2.09. The molecule has 2 aromatic heterocycles. The standard InChI is InChI=1S/C20H17F3N8O/c21-20(22,23)17-10-13-30(27-17)15-8-6-14(7-9-15)18(32)24-11-12-25-19-26-28-29-31(19)16-4-2-1-3-5-16/h1-10,13H,11-12H2,(H,24,32)(H,25,26,29). The van der Waals surface area contributed by atoms with Gasteiger partial charge in [0.15, 0.2) is 5.69 Å². The van der Waals surface area contributed by atoms with E-state index < -0.39 is 11.9 Å². The lowest BCUT2D eigenvalue weighted by atomic mass is 10.2. The number of halogens is 3. The molecule has 4 rings (SSSR count). The number of anilines is 1. The Morgan fingerprint density at radius 2 is 1.69 bits per heavy atom. The monoisotopic (exact) mass is 442 g/mol. The van der Waals surface area contributed by atoms with E-state index >= 15 is 0 Å². The number of alkyl halides is 3. The van der Waals surface area contributed by atoms with Crippen molar-refractivity contribution in [3.63, 3.8) is 0 Å². The summed E-state index contributed by atoms with van der Waals surface area (Å²) in [6.45, 7) is 0.681. The predicted octanol–water partition coefficient (Wildman–Crippen LogP) is 2.71. The minimum absolute atomic E-state index is 0.302. The molecule has 0 atom stereocenters. The summed E-state index contributed by atoms with van der Waals surface area (Å²) in [6.07, 6.45) is -3.30. The third-order valence-corrected chi connectivity index (χ3v) is 4.44. The van der Waals surface area contributed by atoms with E-state index in [1.54, 1.807) is 4.68 Å². The summed E-state index contributed by atoms with van der Waals surface area (Å²) >= 11 is 0. The Hall–Kier alpha value is -4.22. The molecule has 0 saturated carbocycles. The molecule has 4 aromatic rings. The number of aromatic nitrogens is 6. The van der Waals surface area contributed by atoms with Crippen LogP contribution in [0.2, 0.25) is 0 Å². The number of benzene rings is 2. The Morgan fingerprint density at radius 3 is 2.38 bits per heavy atom. The lowest BCUT2D eigenvalue weighted by Crippen LogP contribution is -2.29.